The van der Waals surface area contributed by atoms with Gasteiger partial charge in [0.05, 0.1) is 11.9 Å². The molecule has 25 heavy (non-hydrogen) atoms. The van der Waals surface area contributed by atoms with Gasteiger partial charge in [-0.2, -0.15) is 0 Å². The van der Waals surface area contributed by atoms with Crippen molar-refractivity contribution in [1.82, 2.24) is 5.32 Å². The van der Waals surface area contributed by atoms with Gasteiger partial charge in [0, 0.05) is 17.0 Å². The van der Waals surface area contributed by atoms with Crippen LogP contribution in [0, 0.1) is 0 Å². The topological polar surface area (TPSA) is 88.4 Å². The number of rotatable bonds is 5. The van der Waals surface area contributed by atoms with Crippen molar-refractivity contribution in [3.63, 3.8) is 0 Å². The molecule has 0 fully saturated rings. The lowest BCUT2D eigenvalue weighted by atomic mass is 10.2. The van der Waals surface area contributed by atoms with E-state index in [0.29, 0.717) is 21.9 Å². The van der Waals surface area contributed by atoms with Gasteiger partial charge in [-0.1, -0.05) is 29.8 Å². The number of carbonyl (C=O) groups excluding carboxylic acids is 1. The highest BCUT2D eigenvalue weighted by molar-refractivity contribution is 7.92. The minimum atomic E-state index is -3.41. The molecule has 0 bridgehead atoms. The van der Waals surface area contributed by atoms with Gasteiger partial charge < -0.3 is 9.73 Å². The number of para-hydroxylation sites is 1. The van der Waals surface area contributed by atoms with E-state index in [1.165, 1.54) is 0 Å². The van der Waals surface area contributed by atoms with Crippen LogP contribution in [0.5, 0.6) is 0 Å². The van der Waals surface area contributed by atoms with Gasteiger partial charge in [-0.25, -0.2) is 8.42 Å². The number of amides is 1. The lowest BCUT2D eigenvalue weighted by molar-refractivity contribution is 0.0925. The number of sulfonamides is 1. The predicted octanol–water partition coefficient (Wildman–Crippen LogP) is 3.39. The number of benzene rings is 2. The summed E-state index contributed by atoms with van der Waals surface area (Å²) in [4.78, 5) is 12.3. The number of fused-ring (bicyclic) bond motifs is 1. The fourth-order valence-electron chi connectivity index (χ4n) is 2.36. The molecule has 6 nitrogen and oxygen atoms in total. The summed E-state index contributed by atoms with van der Waals surface area (Å²) >= 11 is 5.92. The van der Waals surface area contributed by atoms with Crippen molar-refractivity contribution in [2.24, 2.45) is 0 Å². The van der Waals surface area contributed by atoms with Crippen LogP contribution in [0.1, 0.15) is 16.1 Å². The summed E-state index contributed by atoms with van der Waals surface area (Å²) in [5.74, 6) is -0.243. The van der Waals surface area contributed by atoms with Crippen LogP contribution < -0.4 is 10.0 Å². The molecule has 0 saturated heterocycles. The summed E-state index contributed by atoms with van der Waals surface area (Å²) in [5, 5.41) is 4.01. The summed E-state index contributed by atoms with van der Waals surface area (Å²) in [6.45, 7) is 0.148. The molecule has 0 aliphatic rings. The Kier molecular flexibility index (Phi) is 4.69. The van der Waals surface area contributed by atoms with Gasteiger partial charge in [0.1, 0.15) is 5.58 Å². The minimum Gasteiger partial charge on any atom is -0.451 e. The minimum absolute atomic E-state index is 0.148. The van der Waals surface area contributed by atoms with Gasteiger partial charge in [-0.05, 0) is 35.9 Å². The number of halogens is 1. The third-order valence-corrected chi connectivity index (χ3v) is 4.28. The molecule has 2 N–H and O–H groups in total. The van der Waals surface area contributed by atoms with Crippen LogP contribution >= 0.6 is 11.6 Å². The smallest absolute Gasteiger partial charge is 0.287 e. The Morgan fingerprint density at radius 3 is 2.68 bits per heavy atom. The normalized spacial score (nSPS) is 11.4. The first-order chi connectivity index (χ1) is 11.8. The van der Waals surface area contributed by atoms with Gasteiger partial charge in [0.25, 0.3) is 5.91 Å². The van der Waals surface area contributed by atoms with Crippen molar-refractivity contribution < 1.29 is 17.6 Å². The second kappa shape index (κ2) is 6.78. The van der Waals surface area contributed by atoms with Gasteiger partial charge >= 0.3 is 0 Å². The van der Waals surface area contributed by atoms with E-state index in [1.807, 2.05) is 0 Å². The molecule has 130 valence electrons. The zero-order valence-electron chi connectivity index (χ0n) is 13.2. The number of hydrogen-bond acceptors (Lipinski definition) is 4. The lowest BCUT2D eigenvalue weighted by Gasteiger charge is -2.11. The lowest BCUT2D eigenvalue weighted by Crippen LogP contribution is -2.23. The number of nitrogens with one attached hydrogen (secondary N) is 2. The zero-order valence-corrected chi connectivity index (χ0v) is 14.8. The summed E-state index contributed by atoms with van der Waals surface area (Å²) < 4.78 is 30.8. The van der Waals surface area contributed by atoms with Crippen molar-refractivity contribution >= 4 is 44.2 Å². The Morgan fingerprint density at radius 2 is 1.92 bits per heavy atom. The highest BCUT2D eigenvalue weighted by atomic mass is 35.5. The van der Waals surface area contributed by atoms with Crippen molar-refractivity contribution in [3.05, 3.63) is 64.9 Å². The molecule has 2 aromatic carbocycles. The molecule has 0 radical (unpaired) electrons. The summed E-state index contributed by atoms with van der Waals surface area (Å²) in [7, 11) is -3.41. The first-order valence-electron chi connectivity index (χ1n) is 7.35. The molecule has 3 rings (SSSR count). The second-order valence-corrected chi connectivity index (χ2v) is 7.69. The molecule has 0 spiro atoms. The van der Waals surface area contributed by atoms with E-state index in [-0.39, 0.29) is 12.3 Å². The molecule has 8 heteroatoms. The maximum absolute atomic E-state index is 12.3. The fourth-order valence-corrected chi connectivity index (χ4v) is 3.14. The Morgan fingerprint density at radius 1 is 1.16 bits per heavy atom. The van der Waals surface area contributed by atoms with E-state index in [0.717, 1.165) is 11.6 Å². The van der Waals surface area contributed by atoms with Crippen molar-refractivity contribution in [2.45, 2.75) is 6.54 Å². The Hall–Kier alpha value is -2.51. The molecule has 0 aliphatic carbocycles. The monoisotopic (exact) mass is 378 g/mol. The first kappa shape index (κ1) is 17.3. The van der Waals surface area contributed by atoms with Crippen molar-refractivity contribution in [2.75, 3.05) is 11.0 Å². The average molecular weight is 379 g/mol. The van der Waals surface area contributed by atoms with Gasteiger partial charge in [0.2, 0.25) is 10.0 Å². The summed E-state index contributed by atoms with van der Waals surface area (Å²) in [5.41, 5.74) is 1.62. The number of anilines is 1. The molecular formula is C17H15ClN2O4S. The molecule has 1 amide bonds. The van der Waals surface area contributed by atoms with Gasteiger partial charge in [-0.3, -0.25) is 9.52 Å². The maximum atomic E-state index is 12.3. The second-order valence-electron chi connectivity index (χ2n) is 5.51. The van der Waals surface area contributed by atoms with Crippen molar-refractivity contribution in [1.29, 1.82) is 0 Å². The van der Waals surface area contributed by atoms with E-state index in [1.54, 1.807) is 48.5 Å². The predicted molar refractivity (Wildman–Crippen MR) is 97.3 cm³/mol. The quantitative estimate of drug-likeness (QED) is 0.712. The largest absolute Gasteiger partial charge is 0.451 e. The average Bonchev–Trinajstić information content (AvgIpc) is 2.95. The van der Waals surface area contributed by atoms with Crippen LogP contribution in [0.2, 0.25) is 5.02 Å². The first-order valence-corrected chi connectivity index (χ1v) is 9.62. The van der Waals surface area contributed by atoms with Crippen LogP contribution in [-0.2, 0) is 16.6 Å². The van der Waals surface area contributed by atoms with Crippen LogP contribution in [0.4, 0.5) is 5.69 Å². The third kappa shape index (κ3) is 4.32. The molecule has 1 heterocycles. The zero-order chi connectivity index (χ0) is 18.0. The Labute approximate surface area is 149 Å². The van der Waals surface area contributed by atoms with Crippen molar-refractivity contribution in [3.8, 4) is 0 Å². The van der Waals surface area contributed by atoms with E-state index >= 15 is 0 Å². The van der Waals surface area contributed by atoms with E-state index in [9.17, 15) is 13.2 Å². The number of carbonyl (C=O) groups is 1. The fraction of sp³-hybridized carbons (Fsp3) is 0.118. The van der Waals surface area contributed by atoms with Crippen LogP contribution in [0.25, 0.3) is 11.0 Å². The number of hydrogen-bond donors (Lipinski definition) is 2. The van der Waals surface area contributed by atoms with Crippen LogP contribution in [-0.4, -0.2) is 20.6 Å². The summed E-state index contributed by atoms with van der Waals surface area (Å²) in [6, 6.07) is 13.5. The molecular weight excluding hydrogens is 364 g/mol. The third-order valence-electron chi connectivity index (χ3n) is 3.45. The highest BCUT2D eigenvalue weighted by Crippen LogP contribution is 2.23. The molecule has 0 atom stereocenters. The Balaban J connectivity index is 1.76. The van der Waals surface area contributed by atoms with E-state index < -0.39 is 15.9 Å². The molecule has 0 unspecified atom stereocenters. The van der Waals surface area contributed by atoms with Gasteiger partial charge in [0.15, 0.2) is 5.76 Å². The summed E-state index contributed by atoms with van der Waals surface area (Å²) in [6.07, 6.45) is 1.07. The standard InChI is InChI=1S/C17H15ClN2O4S/c1-25(22,23)20-14-5-3-2-4-11(14)10-19-17(21)16-9-12-8-13(18)6-7-15(12)24-16/h2-9,20H,10H2,1H3,(H,19,21). The molecule has 0 saturated carbocycles. The number of furan rings is 1. The maximum Gasteiger partial charge on any atom is 0.287 e. The molecule has 3 aromatic rings. The van der Waals surface area contributed by atoms with Gasteiger partial charge in [-0.15, -0.1) is 0 Å². The Bertz CT molecular complexity index is 1040. The molecule has 0 aliphatic heterocycles. The van der Waals surface area contributed by atoms with Crippen LogP contribution in [0.15, 0.2) is 52.9 Å². The van der Waals surface area contributed by atoms with E-state index in [2.05, 4.69) is 10.0 Å². The molecule has 1 aromatic heterocycles. The SMILES string of the molecule is CS(=O)(=O)Nc1ccccc1CNC(=O)c1cc2cc(Cl)ccc2o1. The van der Waals surface area contributed by atoms with Crippen LogP contribution in [0.3, 0.4) is 0 Å². The highest BCUT2D eigenvalue weighted by Gasteiger charge is 2.13. The van der Waals surface area contributed by atoms with E-state index in [4.69, 9.17) is 16.0 Å².